The lowest BCUT2D eigenvalue weighted by Crippen LogP contribution is -2.23. The molecule has 70 valence electrons. The third kappa shape index (κ3) is 8.90. The molecule has 0 aromatic heterocycles. The van der Waals surface area contributed by atoms with Crippen LogP contribution in [0.15, 0.2) is 4.99 Å². The summed E-state index contributed by atoms with van der Waals surface area (Å²) in [6, 6.07) is 0. The first-order valence-electron chi connectivity index (χ1n) is 3.75. The number of carbonyl (C=O) groups is 1. The van der Waals surface area contributed by atoms with E-state index < -0.39 is 0 Å². The van der Waals surface area contributed by atoms with Gasteiger partial charge < -0.3 is 16.2 Å². The number of hydrogen-bond acceptors (Lipinski definition) is 3. The molecular weight excluding hydrogens is 158 g/mol. The number of carbonyl (C=O) groups excluding carboxylic acids is 1. The molecule has 0 atom stereocenters. The minimum absolute atomic E-state index is 0.0603. The highest BCUT2D eigenvalue weighted by Gasteiger charge is 1.92. The summed E-state index contributed by atoms with van der Waals surface area (Å²) in [5.41, 5.74) is 10.1. The quantitative estimate of drug-likeness (QED) is 0.314. The van der Waals surface area contributed by atoms with E-state index in [2.05, 4.69) is 4.99 Å². The van der Waals surface area contributed by atoms with Crippen LogP contribution in [0.5, 0.6) is 0 Å². The lowest BCUT2D eigenvalue weighted by Gasteiger charge is -1.99. The van der Waals surface area contributed by atoms with Gasteiger partial charge in [-0.05, 0) is 6.92 Å². The van der Waals surface area contributed by atoms with Crippen molar-refractivity contribution in [3.63, 3.8) is 0 Å². The highest BCUT2D eigenvalue weighted by atomic mass is 16.5. The Morgan fingerprint density at radius 1 is 1.42 bits per heavy atom. The lowest BCUT2D eigenvalue weighted by atomic mass is 10.3. The molecule has 0 heterocycles. The monoisotopic (exact) mass is 173 g/mol. The van der Waals surface area contributed by atoms with Crippen LogP contribution in [0.25, 0.3) is 0 Å². The van der Waals surface area contributed by atoms with E-state index in [0.29, 0.717) is 26.2 Å². The van der Waals surface area contributed by atoms with Gasteiger partial charge in [0.15, 0.2) is 5.96 Å². The van der Waals surface area contributed by atoms with Gasteiger partial charge in [0.25, 0.3) is 0 Å². The van der Waals surface area contributed by atoms with Crippen molar-refractivity contribution in [1.29, 1.82) is 0 Å². The Kier molecular flexibility index (Phi) is 6.00. The molecule has 0 amide bonds. The van der Waals surface area contributed by atoms with Gasteiger partial charge in [-0.25, -0.2) is 0 Å². The van der Waals surface area contributed by atoms with Crippen molar-refractivity contribution in [2.24, 2.45) is 16.5 Å². The number of rotatable bonds is 6. The smallest absolute Gasteiger partial charge is 0.185 e. The van der Waals surface area contributed by atoms with Gasteiger partial charge >= 0.3 is 0 Å². The maximum Gasteiger partial charge on any atom is 0.185 e. The molecule has 0 saturated heterocycles. The van der Waals surface area contributed by atoms with Crippen molar-refractivity contribution in [2.45, 2.75) is 13.3 Å². The van der Waals surface area contributed by atoms with Crippen LogP contribution in [0.1, 0.15) is 13.3 Å². The molecule has 0 unspecified atom stereocenters. The highest BCUT2D eigenvalue weighted by molar-refractivity contribution is 5.75. The Hall–Kier alpha value is -1.10. The van der Waals surface area contributed by atoms with E-state index >= 15 is 0 Å². The average molecular weight is 173 g/mol. The van der Waals surface area contributed by atoms with Crippen molar-refractivity contribution in [3.05, 3.63) is 0 Å². The largest absolute Gasteiger partial charge is 0.379 e. The Bertz CT molecular complexity index is 164. The number of Topliss-reactive ketones (excluding diaryl/α,β-unsaturated/α-hetero) is 1. The van der Waals surface area contributed by atoms with Gasteiger partial charge in [0, 0.05) is 6.42 Å². The molecule has 0 fully saturated rings. The number of ketones is 1. The minimum atomic E-state index is 0.0603. The third-order valence-corrected chi connectivity index (χ3v) is 1.13. The highest BCUT2D eigenvalue weighted by Crippen LogP contribution is 1.84. The summed E-state index contributed by atoms with van der Waals surface area (Å²) < 4.78 is 5.06. The molecule has 0 saturated carbocycles. The molecule has 0 aliphatic heterocycles. The molecular formula is C7H15N3O2. The molecule has 0 aliphatic carbocycles. The second-order valence-corrected chi connectivity index (χ2v) is 2.37. The zero-order valence-electron chi connectivity index (χ0n) is 7.25. The van der Waals surface area contributed by atoms with Crippen LogP contribution in [0, 0.1) is 0 Å². The fourth-order valence-electron chi connectivity index (χ4n) is 0.557. The number of nitrogens with zero attached hydrogens (tertiary/aromatic N) is 1. The summed E-state index contributed by atoms with van der Waals surface area (Å²) in [7, 11) is 0. The van der Waals surface area contributed by atoms with Crippen LogP contribution in [-0.2, 0) is 9.53 Å². The Morgan fingerprint density at radius 2 is 2.08 bits per heavy atom. The molecule has 0 bridgehead atoms. The first-order chi connectivity index (χ1) is 5.63. The fourth-order valence-corrected chi connectivity index (χ4v) is 0.557. The third-order valence-electron chi connectivity index (χ3n) is 1.13. The lowest BCUT2D eigenvalue weighted by molar-refractivity contribution is -0.118. The minimum Gasteiger partial charge on any atom is -0.379 e. The molecule has 4 N–H and O–H groups in total. The Balaban J connectivity index is 3.11. The summed E-state index contributed by atoms with van der Waals surface area (Å²) in [5, 5.41) is 0. The van der Waals surface area contributed by atoms with Gasteiger partial charge in [-0.15, -0.1) is 0 Å². The summed E-state index contributed by atoms with van der Waals surface area (Å²) >= 11 is 0. The molecule has 0 radical (unpaired) electrons. The zero-order chi connectivity index (χ0) is 9.40. The molecule has 5 heteroatoms. The molecule has 0 aromatic rings. The van der Waals surface area contributed by atoms with Gasteiger partial charge in [0.2, 0.25) is 0 Å². The van der Waals surface area contributed by atoms with E-state index in [1.165, 1.54) is 6.92 Å². The molecule has 0 rings (SSSR count). The Labute approximate surface area is 71.8 Å². The van der Waals surface area contributed by atoms with Gasteiger partial charge in [-0.1, -0.05) is 0 Å². The van der Waals surface area contributed by atoms with E-state index in [9.17, 15) is 4.79 Å². The van der Waals surface area contributed by atoms with E-state index in [1.807, 2.05) is 0 Å². The first-order valence-corrected chi connectivity index (χ1v) is 3.75. The van der Waals surface area contributed by atoms with Gasteiger partial charge in [-0.3, -0.25) is 9.79 Å². The maximum atomic E-state index is 10.4. The van der Waals surface area contributed by atoms with Crippen molar-refractivity contribution in [1.82, 2.24) is 0 Å². The first kappa shape index (κ1) is 10.9. The normalized spacial score (nSPS) is 9.42. The number of guanidine groups is 1. The number of nitrogens with two attached hydrogens (primary N) is 2. The second-order valence-electron chi connectivity index (χ2n) is 2.37. The van der Waals surface area contributed by atoms with E-state index in [-0.39, 0.29) is 11.7 Å². The van der Waals surface area contributed by atoms with Crippen LogP contribution in [0.4, 0.5) is 0 Å². The van der Waals surface area contributed by atoms with Gasteiger partial charge in [-0.2, -0.15) is 0 Å². The molecule has 0 spiro atoms. The predicted octanol–water partition coefficient (Wildman–Crippen LogP) is -0.744. The van der Waals surface area contributed by atoms with E-state index in [0.717, 1.165) is 0 Å². The SMILES string of the molecule is CC(=O)CCOCCN=C(N)N. The summed E-state index contributed by atoms with van der Waals surface area (Å²) in [4.78, 5) is 14.1. The summed E-state index contributed by atoms with van der Waals surface area (Å²) in [6.45, 7) is 2.86. The number of aliphatic imine (C=N–C) groups is 1. The fraction of sp³-hybridized carbons (Fsp3) is 0.714. The van der Waals surface area contributed by atoms with Crippen LogP contribution >= 0.6 is 0 Å². The van der Waals surface area contributed by atoms with Gasteiger partial charge in [0.1, 0.15) is 5.78 Å². The van der Waals surface area contributed by atoms with Crippen LogP contribution < -0.4 is 11.5 Å². The molecule has 5 nitrogen and oxygen atoms in total. The van der Waals surface area contributed by atoms with Crippen molar-refractivity contribution in [2.75, 3.05) is 19.8 Å². The predicted molar refractivity (Wildman–Crippen MR) is 46.8 cm³/mol. The molecule has 0 aromatic carbocycles. The van der Waals surface area contributed by atoms with Crippen LogP contribution in [0.3, 0.4) is 0 Å². The van der Waals surface area contributed by atoms with Crippen LogP contribution in [0.2, 0.25) is 0 Å². The second kappa shape index (κ2) is 6.60. The van der Waals surface area contributed by atoms with Gasteiger partial charge in [0.05, 0.1) is 19.8 Å². The number of hydrogen-bond donors (Lipinski definition) is 2. The number of ether oxygens (including phenoxy) is 1. The maximum absolute atomic E-state index is 10.4. The van der Waals surface area contributed by atoms with E-state index in [4.69, 9.17) is 16.2 Å². The average Bonchev–Trinajstić information content (AvgIpc) is 1.95. The summed E-state index contributed by atoms with van der Waals surface area (Å²) in [5.74, 6) is 0.182. The van der Waals surface area contributed by atoms with Crippen molar-refractivity contribution in [3.8, 4) is 0 Å². The van der Waals surface area contributed by atoms with E-state index in [1.54, 1.807) is 0 Å². The summed E-state index contributed by atoms with van der Waals surface area (Å²) in [6.07, 6.45) is 0.446. The van der Waals surface area contributed by atoms with Crippen molar-refractivity contribution < 1.29 is 9.53 Å². The molecule has 12 heavy (non-hydrogen) atoms. The topological polar surface area (TPSA) is 90.7 Å². The standard InChI is InChI=1S/C7H15N3O2/c1-6(11)2-4-12-5-3-10-7(8)9/h2-5H2,1H3,(H4,8,9,10). The zero-order valence-corrected chi connectivity index (χ0v) is 7.25. The van der Waals surface area contributed by atoms with Crippen molar-refractivity contribution >= 4 is 11.7 Å². The Morgan fingerprint density at radius 3 is 2.58 bits per heavy atom. The molecule has 0 aliphatic rings. The van der Waals surface area contributed by atoms with Crippen LogP contribution in [-0.4, -0.2) is 31.5 Å².